The van der Waals surface area contributed by atoms with Gasteiger partial charge in [-0.05, 0) is 55.8 Å². The highest BCUT2D eigenvalue weighted by Gasteiger charge is 2.26. The standard InChI is InChI=1S/C21H24FN3O2S.C4H4O4/c1-4-20(24(3)5-2)16-13-21(18-10-6-7-11-19(18)22)25(15-16)28(26,27)17-9-8-12-23-14-17;5-3(6)1-2-4(7)8/h6-15,20H,4-5H2,1-3H3;1-2H,(H,5,6)(H,7,8)/b;2-1+/i3D3;. The Morgan fingerprint density at radius 3 is 2.33 bits per heavy atom. The molecule has 0 radical (unpaired) electrons. The Labute approximate surface area is 213 Å². The molecule has 2 heterocycles. The van der Waals surface area contributed by atoms with Gasteiger partial charge in [-0.2, -0.15) is 0 Å². The zero-order chi connectivity index (χ0) is 29.4. The number of pyridine rings is 1. The molecule has 2 aromatic heterocycles. The molecule has 0 saturated carbocycles. The fraction of sp³-hybridized carbons (Fsp3) is 0.240. The summed E-state index contributed by atoms with van der Waals surface area (Å²) in [4.78, 5) is 24.3. The summed E-state index contributed by atoms with van der Waals surface area (Å²) in [7, 11) is -4.09. The highest BCUT2D eigenvalue weighted by molar-refractivity contribution is 7.90. The van der Waals surface area contributed by atoms with Crippen molar-refractivity contribution in [3.8, 4) is 11.3 Å². The third-order valence-electron chi connectivity index (χ3n) is 5.01. The SMILES string of the molecule is O=C(O)/C=C/C(=O)O.[2H]C([2H])([2H])N(CC)C(CC)c1cc(-c2ccccc2F)n(S(=O)(=O)c2cccnc2)c1. The largest absolute Gasteiger partial charge is 0.478 e. The molecule has 9 nitrogen and oxygen atoms in total. The van der Waals surface area contributed by atoms with E-state index in [9.17, 15) is 22.4 Å². The van der Waals surface area contributed by atoms with Crippen LogP contribution in [0.25, 0.3) is 11.3 Å². The van der Waals surface area contributed by atoms with E-state index < -0.39 is 40.8 Å². The maximum absolute atomic E-state index is 14.6. The topological polar surface area (TPSA) is 130 Å². The van der Waals surface area contributed by atoms with Gasteiger partial charge in [-0.1, -0.05) is 26.0 Å². The Kier molecular flexibility index (Phi) is 8.46. The van der Waals surface area contributed by atoms with E-state index in [1.165, 1.54) is 53.8 Å². The van der Waals surface area contributed by atoms with Crippen LogP contribution in [0, 0.1) is 5.82 Å². The zero-order valence-corrected chi connectivity index (χ0v) is 20.4. The van der Waals surface area contributed by atoms with Crippen molar-refractivity contribution in [3.05, 3.63) is 84.6 Å². The van der Waals surface area contributed by atoms with Crippen molar-refractivity contribution < 1.29 is 36.7 Å². The molecule has 3 rings (SSSR count). The van der Waals surface area contributed by atoms with Crippen LogP contribution in [0.2, 0.25) is 0 Å². The summed E-state index contributed by atoms with van der Waals surface area (Å²) in [6.45, 7) is 1.44. The smallest absolute Gasteiger partial charge is 0.328 e. The lowest BCUT2D eigenvalue weighted by Crippen LogP contribution is -2.23. The number of carboxylic acids is 2. The molecule has 0 saturated heterocycles. The van der Waals surface area contributed by atoms with Crippen LogP contribution in [0.4, 0.5) is 4.39 Å². The van der Waals surface area contributed by atoms with Gasteiger partial charge in [-0.3, -0.25) is 9.88 Å². The number of hydrogen-bond acceptors (Lipinski definition) is 6. The van der Waals surface area contributed by atoms with Crippen molar-refractivity contribution in [3.63, 3.8) is 0 Å². The maximum Gasteiger partial charge on any atom is 0.328 e. The van der Waals surface area contributed by atoms with E-state index >= 15 is 0 Å². The molecule has 3 aromatic rings. The first-order valence-electron chi connectivity index (χ1n) is 12.3. The van der Waals surface area contributed by atoms with Crippen molar-refractivity contribution in [2.24, 2.45) is 0 Å². The second-order valence-electron chi connectivity index (χ2n) is 7.35. The minimum absolute atomic E-state index is 0.0500. The van der Waals surface area contributed by atoms with E-state index in [1.807, 2.05) is 6.92 Å². The number of aromatic nitrogens is 2. The van der Waals surface area contributed by atoms with Gasteiger partial charge in [0, 0.05) is 46.5 Å². The second kappa shape index (κ2) is 12.8. The molecular weight excluding hydrogens is 489 g/mol. The summed E-state index contributed by atoms with van der Waals surface area (Å²) in [5.74, 6) is -3.09. The van der Waals surface area contributed by atoms with Crippen molar-refractivity contribution in [2.75, 3.05) is 13.5 Å². The van der Waals surface area contributed by atoms with Crippen molar-refractivity contribution in [2.45, 2.75) is 31.2 Å². The highest BCUT2D eigenvalue weighted by atomic mass is 32.2. The van der Waals surface area contributed by atoms with E-state index in [-0.39, 0.29) is 22.7 Å². The molecule has 0 aliphatic carbocycles. The summed E-state index contributed by atoms with van der Waals surface area (Å²) in [5, 5.41) is 15.6. The predicted octanol–water partition coefficient (Wildman–Crippen LogP) is 4.04. The number of benzene rings is 1. The molecule has 1 unspecified atom stereocenters. The Hall–Kier alpha value is -3.83. The normalized spacial score (nSPS) is 13.8. The molecule has 36 heavy (non-hydrogen) atoms. The van der Waals surface area contributed by atoms with Gasteiger partial charge in [0.2, 0.25) is 0 Å². The summed E-state index contributed by atoms with van der Waals surface area (Å²) in [5.41, 5.74) is 0.705. The molecular formula is C25H28FN3O6S. The number of aliphatic carboxylic acids is 2. The quantitative estimate of drug-likeness (QED) is 0.405. The minimum atomic E-state index is -4.09. The number of carboxylic acid groups (broad SMARTS) is 2. The Morgan fingerprint density at radius 1 is 1.17 bits per heavy atom. The first-order chi connectivity index (χ1) is 18.2. The second-order valence-corrected chi connectivity index (χ2v) is 9.16. The van der Waals surface area contributed by atoms with Crippen molar-refractivity contribution in [1.82, 2.24) is 13.9 Å². The van der Waals surface area contributed by atoms with Crippen LogP contribution in [0.3, 0.4) is 0 Å². The first-order valence-corrected chi connectivity index (χ1v) is 12.2. The van der Waals surface area contributed by atoms with Gasteiger partial charge in [-0.25, -0.2) is 26.4 Å². The molecule has 0 fully saturated rings. The molecule has 1 atom stereocenters. The Morgan fingerprint density at radius 2 is 1.83 bits per heavy atom. The maximum atomic E-state index is 14.6. The zero-order valence-electron chi connectivity index (χ0n) is 22.6. The number of halogens is 1. The summed E-state index contributed by atoms with van der Waals surface area (Å²) >= 11 is 0. The van der Waals surface area contributed by atoms with Crippen LogP contribution in [-0.4, -0.2) is 57.9 Å². The van der Waals surface area contributed by atoms with E-state index in [0.29, 0.717) is 24.1 Å². The van der Waals surface area contributed by atoms with Gasteiger partial charge in [0.15, 0.2) is 0 Å². The lowest BCUT2D eigenvalue weighted by Gasteiger charge is -2.24. The van der Waals surface area contributed by atoms with Gasteiger partial charge in [0.05, 0.1) is 5.69 Å². The molecule has 0 amide bonds. The van der Waals surface area contributed by atoms with Crippen LogP contribution in [-0.2, 0) is 19.6 Å². The fourth-order valence-electron chi connectivity index (χ4n) is 3.32. The average molecular weight is 521 g/mol. The number of carbonyl (C=O) groups is 2. The van der Waals surface area contributed by atoms with Gasteiger partial charge in [0.1, 0.15) is 10.7 Å². The number of hydrogen-bond donors (Lipinski definition) is 2. The van der Waals surface area contributed by atoms with Crippen LogP contribution in [0.1, 0.15) is 36.0 Å². The Balaban J connectivity index is 0.000000580. The van der Waals surface area contributed by atoms with Crippen molar-refractivity contribution in [1.29, 1.82) is 0 Å². The van der Waals surface area contributed by atoms with E-state index in [1.54, 1.807) is 19.1 Å². The van der Waals surface area contributed by atoms with Gasteiger partial charge in [-0.15, -0.1) is 0 Å². The molecule has 0 bridgehead atoms. The number of rotatable bonds is 9. The molecule has 192 valence electrons. The molecule has 2 N–H and O–H groups in total. The fourth-order valence-corrected chi connectivity index (χ4v) is 4.66. The molecule has 0 spiro atoms. The van der Waals surface area contributed by atoms with Gasteiger partial charge < -0.3 is 10.2 Å². The minimum Gasteiger partial charge on any atom is -0.478 e. The van der Waals surface area contributed by atoms with Crippen LogP contribution < -0.4 is 0 Å². The van der Waals surface area contributed by atoms with E-state index in [2.05, 4.69) is 4.98 Å². The summed E-state index contributed by atoms with van der Waals surface area (Å²) in [6, 6.07) is 9.76. The molecule has 11 heteroatoms. The average Bonchev–Trinajstić information content (AvgIpc) is 3.32. The monoisotopic (exact) mass is 520 g/mol. The van der Waals surface area contributed by atoms with Crippen LogP contribution in [0.5, 0.6) is 0 Å². The number of nitrogens with zero attached hydrogens (tertiary/aromatic N) is 3. The van der Waals surface area contributed by atoms with Gasteiger partial charge in [0.25, 0.3) is 10.0 Å². The van der Waals surface area contributed by atoms with Crippen LogP contribution >= 0.6 is 0 Å². The third kappa shape index (κ3) is 7.09. The van der Waals surface area contributed by atoms with Crippen LogP contribution in [0.15, 0.2) is 78.1 Å². The van der Waals surface area contributed by atoms with E-state index in [4.69, 9.17) is 14.3 Å². The summed E-state index contributed by atoms with van der Waals surface area (Å²) < 4.78 is 66.0. The highest BCUT2D eigenvalue weighted by Crippen LogP contribution is 2.33. The lowest BCUT2D eigenvalue weighted by atomic mass is 10.0. The molecule has 1 aromatic carbocycles. The van der Waals surface area contributed by atoms with Gasteiger partial charge >= 0.3 is 11.9 Å². The first kappa shape index (κ1) is 23.9. The lowest BCUT2D eigenvalue weighted by molar-refractivity contribution is -0.134. The summed E-state index contributed by atoms with van der Waals surface area (Å²) in [6.07, 6.45) is 5.61. The molecule has 0 aliphatic heterocycles. The van der Waals surface area contributed by atoms with E-state index in [0.717, 1.165) is 3.97 Å². The Bertz CT molecular complexity index is 1410. The van der Waals surface area contributed by atoms with Crippen molar-refractivity contribution >= 4 is 22.0 Å². The molecule has 0 aliphatic rings. The predicted molar refractivity (Wildman–Crippen MR) is 132 cm³/mol. The third-order valence-corrected chi connectivity index (χ3v) is 6.66.